The first-order valence-electron chi connectivity index (χ1n) is 7.30. The van der Waals surface area contributed by atoms with Gasteiger partial charge in [-0.25, -0.2) is 0 Å². The summed E-state index contributed by atoms with van der Waals surface area (Å²) in [5.41, 5.74) is 3.09. The lowest BCUT2D eigenvalue weighted by atomic mass is 9.91. The van der Waals surface area contributed by atoms with E-state index in [0.717, 1.165) is 11.3 Å². The lowest BCUT2D eigenvalue weighted by molar-refractivity contribution is -0.387. The van der Waals surface area contributed by atoms with Crippen LogP contribution in [0, 0.1) is 10.1 Å². The first-order valence-corrected chi connectivity index (χ1v) is 9.09. The summed E-state index contributed by atoms with van der Waals surface area (Å²) < 4.78 is 0. The number of hydrogen-bond acceptors (Lipinski definition) is 3. The molecule has 112 valence electrons. The minimum Gasteiger partial charge on any atom is -0.258 e. The van der Waals surface area contributed by atoms with Crippen LogP contribution in [0.25, 0.3) is 0 Å². The Balaban J connectivity index is 1.68. The fourth-order valence-electron chi connectivity index (χ4n) is 3.78. The zero-order valence-electron chi connectivity index (χ0n) is 11.7. The van der Waals surface area contributed by atoms with Crippen LogP contribution >= 0.6 is 27.7 Å². The molecule has 4 atom stereocenters. The van der Waals surface area contributed by atoms with Gasteiger partial charge in [0.15, 0.2) is 0 Å². The quantitative estimate of drug-likeness (QED) is 0.425. The van der Waals surface area contributed by atoms with Gasteiger partial charge in [-0.1, -0.05) is 52.3 Å². The molecule has 0 amide bonds. The van der Waals surface area contributed by atoms with E-state index in [4.69, 9.17) is 0 Å². The number of rotatable bonds is 3. The number of nitro groups is 1. The van der Waals surface area contributed by atoms with Gasteiger partial charge in [-0.3, -0.25) is 10.1 Å². The van der Waals surface area contributed by atoms with E-state index >= 15 is 0 Å². The molecule has 22 heavy (non-hydrogen) atoms. The van der Waals surface area contributed by atoms with E-state index in [1.54, 1.807) is 23.9 Å². The molecule has 2 bridgehead atoms. The van der Waals surface area contributed by atoms with E-state index in [1.165, 1.54) is 11.1 Å². The molecule has 5 heteroatoms. The molecule has 2 aromatic rings. The Hall–Kier alpha value is -1.33. The second-order valence-electron chi connectivity index (χ2n) is 5.83. The number of benzene rings is 2. The van der Waals surface area contributed by atoms with Crippen molar-refractivity contribution in [3.05, 3.63) is 69.8 Å². The van der Waals surface area contributed by atoms with Crippen molar-refractivity contribution in [1.29, 1.82) is 0 Å². The number of halogens is 1. The van der Waals surface area contributed by atoms with Crippen LogP contribution in [0.2, 0.25) is 0 Å². The third-order valence-electron chi connectivity index (χ3n) is 4.72. The summed E-state index contributed by atoms with van der Waals surface area (Å²) in [7, 11) is 0. The molecule has 2 aliphatic carbocycles. The Morgan fingerprint density at radius 2 is 1.68 bits per heavy atom. The van der Waals surface area contributed by atoms with Crippen LogP contribution in [0.1, 0.15) is 29.4 Å². The molecule has 2 aromatic carbocycles. The van der Waals surface area contributed by atoms with Gasteiger partial charge in [0.2, 0.25) is 0 Å². The Kier molecular flexibility index (Phi) is 3.50. The summed E-state index contributed by atoms with van der Waals surface area (Å²) in [6, 6.07) is 15.7. The molecule has 2 aliphatic rings. The van der Waals surface area contributed by atoms with Gasteiger partial charge < -0.3 is 0 Å². The summed E-state index contributed by atoms with van der Waals surface area (Å²) in [4.78, 5) is 12.1. The van der Waals surface area contributed by atoms with Gasteiger partial charge in [-0.05, 0) is 35.4 Å². The molecule has 3 nitrogen and oxygen atoms in total. The minimum atomic E-state index is -0.285. The van der Waals surface area contributed by atoms with Crippen molar-refractivity contribution in [3.8, 4) is 0 Å². The molecule has 0 spiro atoms. The molecule has 4 rings (SSSR count). The number of fused-ring (bicyclic) bond motifs is 5. The first-order chi connectivity index (χ1) is 10.7. The van der Waals surface area contributed by atoms with Crippen LogP contribution in [-0.2, 0) is 0 Å². The topological polar surface area (TPSA) is 43.1 Å². The van der Waals surface area contributed by atoms with Gasteiger partial charge in [0.05, 0.1) is 9.82 Å². The van der Waals surface area contributed by atoms with Crippen LogP contribution in [-0.4, -0.2) is 15.0 Å². The zero-order valence-corrected chi connectivity index (χ0v) is 14.1. The predicted molar refractivity (Wildman–Crippen MR) is 92.0 cm³/mol. The lowest BCUT2D eigenvalue weighted by Crippen LogP contribution is -2.24. The van der Waals surface area contributed by atoms with E-state index in [9.17, 15) is 10.1 Å². The molecule has 0 heterocycles. The standard InChI is InChI=1S/C17H14BrNO2S/c18-16-12-9-13(11-6-2-1-5-10(11)12)17(16)22-15-8-4-3-7-14(15)19(20)21/h1-8,12-13,16-17H,9H2. The fraction of sp³-hybridized carbons (Fsp3) is 0.294. The van der Waals surface area contributed by atoms with Crippen LogP contribution < -0.4 is 0 Å². The molecule has 0 aliphatic heterocycles. The molecule has 0 saturated heterocycles. The maximum absolute atomic E-state index is 11.2. The SMILES string of the molecule is O=[N+]([O-])c1ccccc1SC1C2CC(c3ccccc32)C1Br. The highest BCUT2D eigenvalue weighted by atomic mass is 79.9. The van der Waals surface area contributed by atoms with Crippen molar-refractivity contribution in [2.75, 3.05) is 0 Å². The second kappa shape index (κ2) is 5.39. The average molecular weight is 376 g/mol. The molecular weight excluding hydrogens is 362 g/mol. The molecule has 0 radical (unpaired) electrons. The van der Waals surface area contributed by atoms with Gasteiger partial charge in [0, 0.05) is 16.1 Å². The van der Waals surface area contributed by atoms with Crippen molar-refractivity contribution in [2.24, 2.45) is 0 Å². The van der Waals surface area contributed by atoms with Crippen molar-refractivity contribution in [2.45, 2.75) is 33.2 Å². The molecule has 4 unspecified atom stereocenters. The number of alkyl halides is 1. The summed E-state index contributed by atoms with van der Waals surface area (Å²) in [5.74, 6) is 1.01. The summed E-state index contributed by atoms with van der Waals surface area (Å²) in [6.45, 7) is 0. The predicted octanol–water partition coefficient (Wildman–Crippen LogP) is 5.10. The van der Waals surface area contributed by atoms with E-state index < -0.39 is 0 Å². The average Bonchev–Trinajstić information content (AvgIpc) is 3.05. The number of nitrogens with zero attached hydrogens (tertiary/aromatic N) is 1. The number of thioether (sulfide) groups is 1. The molecule has 0 N–H and O–H groups in total. The second-order valence-corrected chi connectivity index (χ2v) is 8.11. The molecular formula is C17H14BrNO2S. The van der Waals surface area contributed by atoms with Crippen molar-refractivity contribution in [3.63, 3.8) is 0 Å². The lowest BCUT2D eigenvalue weighted by Gasteiger charge is -2.28. The highest BCUT2D eigenvalue weighted by Gasteiger charge is 2.50. The Bertz CT molecular complexity index is 751. The zero-order chi connectivity index (χ0) is 15.3. The van der Waals surface area contributed by atoms with Crippen LogP contribution in [0.3, 0.4) is 0 Å². The smallest absolute Gasteiger partial charge is 0.258 e. The molecule has 1 fully saturated rings. The van der Waals surface area contributed by atoms with Crippen LogP contribution in [0.5, 0.6) is 0 Å². The van der Waals surface area contributed by atoms with Gasteiger partial charge in [-0.2, -0.15) is 0 Å². The van der Waals surface area contributed by atoms with E-state index in [0.29, 0.717) is 21.9 Å². The van der Waals surface area contributed by atoms with Crippen molar-refractivity contribution < 1.29 is 4.92 Å². The van der Waals surface area contributed by atoms with Crippen molar-refractivity contribution in [1.82, 2.24) is 0 Å². The maximum atomic E-state index is 11.2. The fourth-order valence-corrected chi connectivity index (χ4v) is 6.43. The Morgan fingerprint density at radius 1 is 1.05 bits per heavy atom. The Morgan fingerprint density at radius 3 is 2.41 bits per heavy atom. The number of hydrogen-bond donors (Lipinski definition) is 0. The monoisotopic (exact) mass is 375 g/mol. The summed E-state index contributed by atoms with van der Waals surface area (Å²) in [5, 5.41) is 11.6. The van der Waals surface area contributed by atoms with Crippen LogP contribution in [0.15, 0.2) is 53.4 Å². The van der Waals surface area contributed by atoms with E-state index in [-0.39, 0.29) is 10.6 Å². The van der Waals surface area contributed by atoms with Gasteiger partial charge in [0.1, 0.15) is 0 Å². The minimum absolute atomic E-state index is 0.211. The third-order valence-corrected chi connectivity index (χ3v) is 7.77. The highest BCUT2D eigenvalue weighted by molar-refractivity contribution is 9.09. The van der Waals surface area contributed by atoms with Crippen molar-refractivity contribution >= 4 is 33.4 Å². The maximum Gasteiger partial charge on any atom is 0.282 e. The molecule has 1 saturated carbocycles. The third kappa shape index (κ3) is 2.10. The first kappa shape index (κ1) is 14.3. The Labute approximate surface area is 141 Å². The van der Waals surface area contributed by atoms with Crippen LogP contribution in [0.4, 0.5) is 5.69 Å². The highest BCUT2D eigenvalue weighted by Crippen LogP contribution is 2.60. The van der Waals surface area contributed by atoms with E-state index in [2.05, 4.69) is 40.2 Å². The summed E-state index contributed by atoms with van der Waals surface area (Å²) >= 11 is 5.51. The van der Waals surface area contributed by atoms with Gasteiger partial charge in [-0.15, -0.1) is 11.8 Å². The summed E-state index contributed by atoms with van der Waals surface area (Å²) in [6.07, 6.45) is 1.15. The molecule has 0 aromatic heterocycles. The normalized spacial score (nSPS) is 28.6. The van der Waals surface area contributed by atoms with Gasteiger partial charge >= 0.3 is 0 Å². The number of nitro benzene ring substituents is 1. The largest absolute Gasteiger partial charge is 0.282 e. The van der Waals surface area contributed by atoms with Gasteiger partial charge in [0.25, 0.3) is 5.69 Å². The number of para-hydroxylation sites is 1. The van der Waals surface area contributed by atoms with E-state index in [1.807, 2.05) is 12.1 Å².